The predicted molar refractivity (Wildman–Crippen MR) is 139 cm³/mol. The van der Waals surface area contributed by atoms with E-state index in [1.165, 1.54) is 0 Å². The van der Waals surface area contributed by atoms with Crippen molar-refractivity contribution >= 4 is 28.2 Å². The number of aliphatic carboxylic acids is 1. The van der Waals surface area contributed by atoms with Crippen LogP contribution in [0.1, 0.15) is 55.6 Å². The second kappa shape index (κ2) is 11.6. The van der Waals surface area contributed by atoms with Crippen LogP contribution >= 0.6 is 0 Å². The summed E-state index contributed by atoms with van der Waals surface area (Å²) >= 11 is 0. The van der Waals surface area contributed by atoms with Crippen molar-refractivity contribution in [3.63, 3.8) is 0 Å². The van der Waals surface area contributed by atoms with Crippen LogP contribution in [0.25, 0.3) is 10.8 Å². The first-order chi connectivity index (χ1) is 17.0. The van der Waals surface area contributed by atoms with E-state index in [-0.39, 0.29) is 30.3 Å². The normalized spacial score (nSPS) is 18.7. The van der Waals surface area contributed by atoms with Gasteiger partial charge in [-0.25, -0.2) is 0 Å². The van der Waals surface area contributed by atoms with E-state index in [2.05, 4.69) is 0 Å². The van der Waals surface area contributed by atoms with Crippen LogP contribution in [0.5, 0.6) is 0 Å². The number of fused-ring (bicyclic) bond motifs is 1. The predicted octanol–water partition coefficient (Wildman–Crippen LogP) is 6.43. The summed E-state index contributed by atoms with van der Waals surface area (Å²) in [4.78, 5) is 28.8. The zero-order valence-electron chi connectivity index (χ0n) is 19.8. The molecule has 0 bridgehead atoms. The highest BCUT2D eigenvalue weighted by atomic mass is 16.4. The summed E-state index contributed by atoms with van der Waals surface area (Å²) < 4.78 is 0. The molecule has 0 amide bonds. The number of aliphatic imine (C=N–C) groups is 1. The van der Waals surface area contributed by atoms with Crippen LogP contribution in [-0.4, -0.2) is 34.2 Å². The highest BCUT2D eigenvalue weighted by Gasteiger charge is 2.32. The molecule has 4 rings (SSSR count). The fourth-order valence-electron chi connectivity index (χ4n) is 4.82. The summed E-state index contributed by atoms with van der Waals surface area (Å²) in [5, 5.41) is 22.2. The van der Waals surface area contributed by atoms with Crippen molar-refractivity contribution in [3.05, 3.63) is 95.3 Å². The highest BCUT2D eigenvalue weighted by Crippen LogP contribution is 2.34. The van der Waals surface area contributed by atoms with Crippen LogP contribution in [0.4, 0.5) is 0 Å². The van der Waals surface area contributed by atoms with E-state index in [9.17, 15) is 14.7 Å². The Morgan fingerprint density at radius 3 is 2.40 bits per heavy atom. The van der Waals surface area contributed by atoms with Gasteiger partial charge in [-0.05, 0) is 47.1 Å². The van der Waals surface area contributed by atoms with Gasteiger partial charge in [0.25, 0.3) is 0 Å². The number of hydrogen-bond acceptors (Lipinski definition) is 4. The van der Waals surface area contributed by atoms with Crippen LogP contribution in [-0.2, 0) is 16.0 Å². The SMILES string of the molecule is O=C(O)CCCCCN=C1CC(c2ccccc2)CC(=O)C1=C(O)Cc1cccc2ccccc12. The van der Waals surface area contributed by atoms with Crippen molar-refractivity contribution in [2.24, 2.45) is 4.99 Å². The van der Waals surface area contributed by atoms with E-state index in [1.54, 1.807) is 0 Å². The van der Waals surface area contributed by atoms with Gasteiger partial charge in [-0.2, -0.15) is 0 Å². The lowest BCUT2D eigenvalue weighted by Gasteiger charge is -2.26. The number of ketones is 1. The maximum Gasteiger partial charge on any atom is 0.303 e. The zero-order valence-corrected chi connectivity index (χ0v) is 19.8. The third-order valence-corrected chi connectivity index (χ3v) is 6.59. The summed E-state index contributed by atoms with van der Waals surface area (Å²) in [5.41, 5.74) is 3.09. The van der Waals surface area contributed by atoms with E-state index < -0.39 is 5.97 Å². The van der Waals surface area contributed by atoms with E-state index in [4.69, 9.17) is 10.1 Å². The molecule has 0 aliphatic heterocycles. The number of unbranched alkanes of at least 4 members (excludes halogenated alkanes) is 2. The van der Waals surface area contributed by atoms with Crippen LogP contribution in [0, 0.1) is 0 Å². The number of carbonyl (C=O) groups excluding carboxylic acids is 1. The average Bonchev–Trinajstić information content (AvgIpc) is 2.86. The minimum absolute atomic E-state index is 0.0311. The van der Waals surface area contributed by atoms with Crippen molar-refractivity contribution in [2.45, 2.75) is 50.9 Å². The van der Waals surface area contributed by atoms with Gasteiger partial charge in [-0.3, -0.25) is 14.6 Å². The Kier molecular flexibility index (Phi) is 8.09. The highest BCUT2D eigenvalue weighted by molar-refractivity contribution is 6.24. The molecule has 5 heteroatoms. The molecule has 3 aromatic carbocycles. The maximum absolute atomic E-state index is 13.3. The Morgan fingerprint density at radius 2 is 1.60 bits per heavy atom. The number of carboxylic acids is 1. The molecule has 3 aromatic rings. The topological polar surface area (TPSA) is 87.0 Å². The van der Waals surface area contributed by atoms with Gasteiger partial charge in [0.15, 0.2) is 5.78 Å². The number of nitrogens with zero attached hydrogens (tertiary/aromatic N) is 1. The Morgan fingerprint density at radius 1 is 0.857 bits per heavy atom. The summed E-state index contributed by atoms with van der Waals surface area (Å²) in [7, 11) is 0. The lowest BCUT2D eigenvalue weighted by atomic mass is 9.78. The standard InChI is InChI=1S/C30H31NO4/c32-27(19-23-14-9-13-22-12-6-7-15-25(22)23)30-26(31-17-8-2-5-16-29(34)35)18-24(20-28(30)33)21-10-3-1-4-11-21/h1,3-4,6-7,9-15,24,32H,2,5,8,16-20H2,(H,34,35). The molecular formula is C30H31NO4. The first-order valence-electron chi connectivity index (χ1n) is 12.3. The molecule has 5 nitrogen and oxygen atoms in total. The lowest BCUT2D eigenvalue weighted by molar-refractivity contribution is -0.137. The smallest absolute Gasteiger partial charge is 0.303 e. The number of Topliss-reactive ketones (excluding diaryl/α,β-unsaturated/α-hetero) is 1. The summed E-state index contributed by atoms with van der Waals surface area (Å²) in [6.07, 6.45) is 3.49. The quantitative estimate of drug-likeness (QED) is 0.215. The zero-order chi connectivity index (χ0) is 24.6. The van der Waals surface area contributed by atoms with Crippen LogP contribution in [0.2, 0.25) is 0 Å². The summed E-state index contributed by atoms with van der Waals surface area (Å²) in [6, 6.07) is 24.0. The van der Waals surface area contributed by atoms with Crippen LogP contribution in [0.15, 0.2) is 89.1 Å². The molecule has 1 unspecified atom stereocenters. The third kappa shape index (κ3) is 6.24. The fourth-order valence-corrected chi connectivity index (χ4v) is 4.82. The van der Waals surface area contributed by atoms with Gasteiger partial charge in [0.05, 0.1) is 5.57 Å². The van der Waals surface area contributed by atoms with Gasteiger partial charge in [-0.15, -0.1) is 0 Å². The first kappa shape index (κ1) is 24.4. The minimum atomic E-state index is -0.788. The monoisotopic (exact) mass is 469 g/mol. The molecule has 1 aliphatic carbocycles. The lowest BCUT2D eigenvalue weighted by Crippen LogP contribution is -2.27. The molecule has 1 saturated carbocycles. The molecule has 0 spiro atoms. The molecule has 1 fully saturated rings. The third-order valence-electron chi connectivity index (χ3n) is 6.59. The molecule has 1 aliphatic rings. The van der Waals surface area contributed by atoms with E-state index in [0.717, 1.165) is 34.7 Å². The molecule has 1 atom stereocenters. The largest absolute Gasteiger partial charge is 0.511 e. The van der Waals surface area contributed by atoms with Crippen molar-refractivity contribution in [2.75, 3.05) is 6.54 Å². The molecule has 180 valence electrons. The first-order valence-corrected chi connectivity index (χ1v) is 12.3. The molecule has 0 saturated heterocycles. The second-order valence-corrected chi connectivity index (χ2v) is 9.11. The van der Waals surface area contributed by atoms with Crippen molar-refractivity contribution in [3.8, 4) is 0 Å². The van der Waals surface area contributed by atoms with Crippen LogP contribution < -0.4 is 0 Å². The number of carboxylic acid groups (broad SMARTS) is 1. The Balaban J connectivity index is 1.60. The van der Waals surface area contributed by atoms with E-state index in [1.807, 2.05) is 72.8 Å². The van der Waals surface area contributed by atoms with Crippen molar-refractivity contribution in [1.29, 1.82) is 0 Å². The Bertz CT molecular complexity index is 1250. The molecule has 35 heavy (non-hydrogen) atoms. The van der Waals surface area contributed by atoms with Gasteiger partial charge in [0, 0.05) is 31.5 Å². The van der Waals surface area contributed by atoms with Gasteiger partial charge in [-0.1, -0.05) is 79.2 Å². The number of hydrogen-bond donors (Lipinski definition) is 2. The number of aliphatic hydroxyl groups is 1. The number of aliphatic hydroxyl groups excluding tert-OH is 1. The van der Waals surface area contributed by atoms with Gasteiger partial charge in [0.2, 0.25) is 0 Å². The summed E-state index contributed by atoms with van der Waals surface area (Å²) in [5.74, 6) is -0.762. The number of allylic oxidation sites excluding steroid dienone is 2. The van der Waals surface area contributed by atoms with Gasteiger partial charge < -0.3 is 10.2 Å². The van der Waals surface area contributed by atoms with E-state index in [0.29, 0.717) is 37.1 Å². The molecular weight excluding hydrogens is 438 g/mol. The molecule has 0 aromatic heterocycles. The van der Waals surface area contributed by atoms with Crippen molar-refractivity contribution < 1.29 is 19.8 Å². The average molecular weight is 470 g/mol. The van der Waals surface area contributed by atoms with E-state index >= 15 is 0 Å². The Labute approximate surface area is 205 Å². The minimum Gasteiger partial charge on any atom is -0.511 e. The molecule has 0 heterocycles. The van der Waals surface area contributed by atoms with Gasteiger partial charge in [0.1, 0.15) is 5.76 Å². The molecule has 0 radical (unpaired) electrons. The second-order valence-electron chi connectivity index (χ2n) is 9.11. The fraction of sp³-hybridized carbons (Fsp3) is 0.300. The molecule has 2 N–H and O–H groups in total. The number of benzene rings is 3. The maximum atomic E-state index is 13.3. The number of carbonyl (C=O) groups is 2. The van der Waals surface area contributed by atoms with Gasteiger partial charge >= 0.3 is 5.97 Å². The number of rotatable bonds is 9. The van der Waals surface area contributed by atoms with Crippen LogP contribution in [0.3, 0.4) is 0 Å². The van der Waals surface area contributed by atoms with Crippen molar-refractivity contribution in [1.82, 2.24) is 0 Å². The summed E-state index contributed by atoms with van der Waals surface area (Å²) in [6.45, 7) is 0.509. The Hall–Kier alpha value is -3.73.